The van der Waals surface area contributed by atoms with E-state index >= 15 is 0 Å². The third-order valence-electron chi connectivity index (χ3n) is 5.53. The molecular formula is C24H34O9. The number of aliphatic hydroxyl groups is 1. The van der Waals surface area contributed by atoms with Gasteiger partial charge in [0.1, 0.15) is 11.9 Å². The first-order chi connectivity index (χ1) is 15.7. The first-order valence-corrected chi connectivity index (χ1v) is 11.1. The number of hydrogen-bond donors (Lipinski definition) is 1. The number of carbonyl (C=O) groups excluding carboxylic acids is 3. The van der Waals surface area contributed by atoms with E-state index in [0.29, 0.717) is 25.0 Å². The number of Topliss-reactive ketones (excluding diaryl/α,β-unsaturated/α-hetero) is 1. The Morgan fingerprint density at radius 1 is 1.09 bits per heavy atom. The van der Waals surface area contributed by atoms with Gasteiger partial charge < -0.3 is 28.8 Å². The summed E-state index contributed by atoms with van der Waals surface area (Å²) in [4.78, 5) is 36.5. The van der Waals surface area contributed by atoms with Crippen molar-refractivity contribution < 1.29 is 43.2 Å². The lowest BCUT2D eigenvalue weighted by atomic mass is 9.89. The first-order valence-electron chi connectivity index (χ1n) is 11.1. The lowest BCUT2D eigenvalue weighted by Gasteiger charge is -2.43. The van der Waals surface area contributed by atoms with Gasteiger partial charge >= 0.3 is 11.9 Å². The third kappa shape index (κ3) is 7.25. The Balaban J connectivity index is 2.40. The summed E-state index contributed by atoms with van der Waals surface area (Å²) in [5, 5.41) is 9.52. The monoisotopic (exact) mass is 466 g/mol. The summed E-state index contributed by atoms with van der Waals surface area (Å²) in [7, 11) is 1.56. The standard InChI is InChI=1S/C24H34O9/c1-6-20-14(2)22(30-15(3)26)23(31-16(4)27)24(32-20)33-21-10-9-17(13-25)12-18(21)19(28)8-7-11-29-5/h9-10,12,14,20,22-25H,6-8,11,13H2,1-5H3/t14-,20+,22-,23+,24-/m0/s1. The van der Waals surface area contributed by atoms with Crippen LogP contribution in [0.15, 0.2) is 18.2 Å². The second-order valence-corrected chi connectivity index (χ2v) is 8.08. The molecule has 9 nitrogen and oxygen atoms in total. The Bertz CT molecular complexity index is 822. The van der Waals surface area contributed by atoms with Gasteiger partial charge in [-0.1, -0.05) is 19.9 Å². The minimum Gasteiger partial charge on any atom is -0.460 e. The molecule has 0 bridgehead atoms. The second-order valence-electron chi connectivity index (χ2n) is 8.08. The molecule has 33 heavy (non-hydrogen) atoms. The van der Waals surface area contributed by atoms with Crippen LogP contribution in [0.25, 0.3) is 0 Å². The Morgan fingerprint density at radius 2 is 1.76 bits per heavy atom. The number of ether oxygens (including phenoxy) is 5. The highest BCUT2D eigenvalue weighted by Gasteiger charge is 2.48. The van der Waals surface area contributed by atoms with Crippen LogP contribution in [0.1, 0.15) is 62.9 Å². The van der Waals surface area contributed by atoms with Gasteiger partial charge in [0, 0.05) is 39.9 Å². The fourth-order valence-electron chi connectivity index (χ4n) is 3.92. The molecule has 1 aliphatic rings. The number of carbonyl (C=O) groups is 3. The van der Waals surface area contributed by atoms with Gasteiger partial charge in [0.25, 0.3) is 0 Å². The fourth-order valence-corrected chi connectivity index (χ4v) is 3.92. The van der Waals surface area contributed by atoms with Gasteiger partial charge in [0.2, 0.25) is 12.4 Å². The molecule has 5 atom stereocenters. The van der Waals surface area contributed by atoms with Gasteiger partial charge in [0.05, 0.1) is 18.3 Å². The van der Waals surface area contributed by atoms with Crippen molar-refractivity contribution in [2.45, 2.75) is 78.2 Å². The number of methoxy groups -OCH3 is 1. The maximum atomic E-state index is 12.9. The summed E-state index contributed by atoms with van der Waals surface area (Å²) in [6.45, 7) is 6.51. The van der Waals surface area contributed by atoms with E-state index in [9.17, 15) is 19.5 Å². The Morgan fingerprint density at radius 3 is 2.33 bits per heavy atom. The van der Waals surface area contributed by atoms with E-state index in [-0.39, 0.29) is 42.1 Å². The summed E-state index contributed by atoms with van der Waals surface area (Å²) >= 11 is 0. The third-order valence-corrected chi connectivity index (χ3v) is 5.53. The zero-order valence-corrected chi connectivity index (χ0v) is 19.9. The summed E-state index contributed by atoms with van der Waals surface area (Å²) < 4.78 is 28.2. The van der Waals surface area contributed by atoms with Crippen LogP contribution in [0.2, 0.25) is 0 Å². The molecule has 9 heteroatoms. The molecule has 0 saturated carbocycles. The Labute approximate surface area is 194 Å². The van der Waals surface area contributed by atoms with E-state index in [4.69, 9.17) is 23.7 Å². The van der Waals surface area contributed by atoms with Gasteiger partial charge in [-0.15, -0.1) is 0 Å². The average Bonchev–Trinajstić information content (AvgIpc) is 2.77. The largest absolute Gasteiger partial charge is 0.460 e. The van der Waals surface area contributed by atoms with Crippen LogP contribution < -0.4 is 4.74 Å². The molecule has 2 rings (SSSR count). The van der Waals surface area contributed by atoms with E-state index in [1.165, 1.54) is 13.8 Å². The van der Waals surface area contributed by atoms with Crippen molar-refractivity contribution in [2.24, 2.45) is 5.92 Å². The smallest absolute Gasteiger partial charge is 0.303 e. The summed E-state index contributed by atoms with van der Waals surface area (Å²) in [5.41, 5.74) is 0.829. The highest BCUT2D eigenvalue weighted by atomic mass is 16.7. The minimum absolute atomic E-state index is 0.186. The summed E-state index contributed by atoms with van der Waals surface area (Å²) in [5.74, 6) is -1.31. The van der Waals surface area contributed by atoms with E-state index in [0.717, 1.165) is 0 Å². The lowest BCUT2D eigenvalue weighted by Crippen LogP contribution is -2.58. The van der Waals surface area contributed by atoms with Crippen molar-refractivity contribution in [3.8, 4) is 5.75 Å². The second kappa shape index (κ2) is 12.7. The lowest BCUT2D eigenvalue weighted by molar-refractivity contribution is -0.266. The molecule has 1 N–H and O–H groups in total. The van der Waals surface area contributed by atoms with E-state index in [1.807, 2.05) is 13.8 Å². The molecule has 1 fully saturated rings. The van der Waals surface area contributed by atoms with Gasteiger partial charge in [-0.3, -0.25) is 14.4 Å². The highest BCUT2D eigenvalue weighted by molar-refractivity contribution is 5.98. The molecule has 1 saturated heterocycles. The van der Waals surface area contributed by atoms with Crippen LogP contribution in [0.4, 0.5) is 0 Å². The molecular weight excluding hydrogens is 432 g/mol. The molecule has 1 heterocycles. The minimum atomic E-state index is -1.11. The topological polar surface area (TPSA) is 118 Å². The van der Waals surface area contributed by atoms with Crippen molar-refractivity contribution in [1.29, 1.82) is 0 Å². The predicted molar refractivity (Wildman–Crippen MR) is 118 cm³/mol. The first kappa shape index (κ1) is 26.8. The fraction of sp³-hybridized carbons (Fsp3) is 0.625. The van der Waals surface area contributed by atoms with Crippen LogP contribution in [-0.2, 0) is 35.1 Å². The zero-order chi connectivity index (χ0) is 24.5. The molecule has 1 aromatic rings. The van der Waals surface area contributed by atoms with Crippen molar-refractivity contribution in [2.75, 3.05) is 13.7 Å². The van der Waals surface area contributed by atoms with Crippen molar-refractivity contribution >= 4 is 17.7 Å². The maximum absolute atomic E-state index is 12.9. The van der Waals surface area contributed by atoms with Crippen LogP contribution in [0, 0.1) is 5.92 Å². The van der Waals surface area contributed by atoms with E-state index in [1.54, 1.807) is 25.3 Å². The zero-order valence-electron chi connectivity index (χ0n) is 19.9. The molecule has 1 aliphatic heterocycles. The number of esters is 2. The van der Waals surface area contributed by atoms with E-state index < -0.39 is 30.4 Å². The number of hydrogen-bond acceptors (Lipinski definition) is 9. The maximum Gasteiger partial charge on any atom is 0.303 e. The van der Waals surface area contributed by atoms with Crippen LogP contribution in [0.3, 0.4) is 0 Å². The average molecular weight is 467 g/mol. The van der Waals surface area contributed by atoms with Gasteiger partial charge in [-0.25, -0.2) is 0 Å². The van der Waals surface area contributed by atoms with Crippen LogP contribution in [-0.4, -0.2) is 61.1 Å². The SMILES string of the molecule is CC[C@H]1O[C@@H](Oc2ccc(CO)cc2C(=O)CCCOC)[C@H](OC(C)=O)[C@@H](OC(C)=O)[C@H]1C. The van der Waals surface area contributed by atoms with Crippen molar-refractivity contribution in [1.82, 2.24) is 0 Å². The molecule has 0 amide bonds. The molecule has 0 aliphatic carbocycles. The normalized spacial score (nSPS) is 24.7. The Kier molecular flexibility index (Phi) is 10.3. The molecule has 0 unspecified atom stereocenters. The number of ketones is 1. The van der Waals surface area contributed by atoms with Crippen molar-refractivity contribution in [3.63, 3.8) is 0 Å². The van der Waals surface area contributed by atoms with Crippen molar-refractivity contribution in [3.05, 3.63) is 29.3 Å². The van der Waals surface area contributed by atoms with Gasteiger partial charge in [0.15, 0.2) is 5.78 Å². The molecule has 1 aromatic carbocycles. The molecule has 0 radical (unpaired) electrons. The van der Waals surface area contributed by atoms with Gasteiger partial charge in [-0.05, 0) is 30.5 Å². The quantitative estimate of drug-likeness (QED) is 0.298. The summed E-state index contributed by atoms with van der Waals surface area (Å²) in [6, 6.07) is 4.77. The number of benzene rings is 1. The van der Waals surface area contributed by atoms with E-state index in [2.05, 4.69) is 0 Å². The molecule has 0 aromatic heterocycles. The number of rotatable bonds is 11. The highest BCUT2D eigenvalue weighted by Crippen LogP contribution is 2.34. The number of aliphatic hydroxyl groups excluding tert-OH is 1. The summed E-state index contributed by atoms with van der Waals surface area (Å²) in [6.07, 6.45) is -1.89. The predicted octanol–water partition coefficient (Wildman–Crippen LogP) is 2.80. The Hall–Kier alpha value is -2.49. The van der Waals surface area contributed by atoms with Crippen LogP contribution >= 0.6 is 0 Å². The molecule has 184 valence electrons. The van der Waals surface area contributed by atoms with Gasteiger partial charge in [-0.2, -0.15) is 0 Å². The van der Waals surface area contributed by atoms with Crippen LogP contribution in [0.5, 0.6) is 5.75 Å². The molecule has 0 spiro atoms.